The van der Waals surface area contributed by atoms with Crippen molar-refractivity contribution in [3.05, 3.63) is 63.4 Å². The van der Waals surface area contributed by atoms with Gasteiger partial charge in [-0.1, -0.05) is 31.2 Å². The van der Waals surface area contributed by atoms with Gasteiger partial charge in [-0.05, 0) is 54.2 Å². The summed E-state index contributed by atoms with van der Waals surface area (Å²) >= 11 is 0. The van der Waals surface area contributed by atoms with Crippen LogP contribution in [0.1, 0.15) is 48.4 Å². The highest BCUT2D eigenvalue weighted by molar-refractivity contribution is 6.21. The second-order valence-corrected chi connectivity index (χ2v) is 9.84. The first-order valence-electron chi connectivity index (χ1n) is 12.1. The van der Waals surface area contributed by atoms with Gasteiger partial charge in [-0.15, -0.1) is 0 Å². The molecule has 0 saturated heterocycles. The fraction of sp³-hybridized carbons (Fsp3) is 0.444. The number of fused-ring (bicyclic) bond motifs is 3. The molecule has 34 heavy (non-hydrogen) atoms. The molecular weight excluding hydrogens is 432 g/mol. The minimum atomic E-state index is -1.02. The maximum absolute atomic E-state index is 13.6. The van der Waals surface area contributed by atoms with Gasteiger partial charge in [0.25, 0.3) is 5.91 Å². The van der Waals surface area contributed by atoms with Crippen LogP contribution in [0, 0.1) is 17.8 Å². The number of primary amides is 1. The van der Waals surface area contributed by atoms with Crippen molar-refractivity contribution in [1.82, 2.24) is 4.90 Å². The summed E-state index contributed by atoms with van der Waals surface area (Å²) in [6, 6.07) is 4.20. The van der Waals surface area contributed by atoms with Gasteiger partial charge in [0.15, 0.2) is 11.6 Å². The molecule has 1 saturated carbocycles. The van der Waals surface area contributed by atoms with Crippen LogP contribution in [0.25, 0.3) is 5.76 Å². The largest absolute Gasteiger partial charge is 0.511 e. The Kier molecular flexibility index (Phi) is 5.68. The van der Waals surface area contributed by atoms with E-state index in [0.717, 1.165) is 54.7 Å². The fourth-order valence-electron chi connectivity index (χ4n) is 6.38. The molecule has 0 bridgehead atoms. The molecule has 1 heterocycles. The number of ketones is 2. The van der Waals surface area contributed by atoms with Crippen LogP contribution in [0.15, 0.2) is 41.2 Å². The third-order valence-electron chi connectivity index (χ3n) is 7.88. The van der Waals surface area contributed by atoms with E-state index < -0.39 is 40.6 Å². The molecule has 7 nitrogen and oxygen atoms in total. The monoisotopic (exact) mass is 462 g/mol. The van der Waals surface area contributed by atoms with Crippen molar-refractivity contribution < 1.29 is 24.6 Å². The van der Waals surface area contributed by atoms with Crippen molar-refractivity contribution >= 4 is 23.2 Å². The third kappa shape index (κ3) is 3.50. The second kappa shape index (κ2) is 8.55. The summed E-state index contributed by atoms with van der Waals surface area (Å²) in [5.41, 5.74) is 9.08. The van der Waals surface area contributed by atoms with Gasteiger partial charge in [0.05, 0.1) is 5.92 Å². The predicted octanol–water partition coefficient (Wildman–Crippen LogP) is 2.93. The average molecular weight is 463 g/mol. The molecule has 3 atom stereocenters. The molecule has 5 rings (SSSR count). The lowest BCUT2D eigenvalue weighted by molar-refractivity contribution is -0.127. The summed E-state index contributed by atoms with van der Waals surface area (Å²) in [5.74, 6) is -4.12. The predicted molar refractivity (Wildman–Crippen MR) is 127 cm³/mol. The van der Waals surface area contributed by atoms with E-state index in [-0.39, 0.29) is 18.1 Å². The molecule has 3 aliphatic carbocycles. The van der Waals surface area contributed by atoms with E-state index in [4.69, 9.17) is 5.73 Å². The number of hydrogen-bond donors (Lipinski definition) is 3. The van der Waals surface area contributed by atoms with Gasteiger partial charge in [0, 0.05) is 37.2 Å². The Bertz CT molecular complexity index is 1190. The van der Waals surface area contributed by atoms with E-state index in [0.29, 0.717) is 18.4 Å². The summed E-state index contributed by atoms with van der Waals surface area (Å²) in [4.78, 5) is 40.1. The standard InChI is InChI=1S/C27H30N2O5/c1-2-18-15(13-29-8-4-3-5-9-29)7-6-14-10-16-11-17-12-19(30)23(27(28)34)26(33)22(17)25(32)21(16)24(31)20(14)18/h3-4,6-7,16-17,22,31,33H,2,5,8-13H2,1H3,(H2,28,34). The molecule has 0 aromatic heterocycles. The van der Waals surface area contributed by atoms with Crippen molar-refractivity contribution in [2.24, 2.45) is 23.5 Å². The number of benzene rings is 1. The zero-order chi connectivity index (χ0) is 24.1. The molecule has 1 aromatic rings. The van der Waals surface area contributed by atoms with Crippen molar-refractivity contribution in [1.29, 1.82) is 0 Å². The Morgan fingerprint density at radius 3 is 2.65 bits per heavy atom. The normalized spacial score (nSPS) is 26.9. The summed E-state index contributed by atoms with van der Waals surface area (Å²) < 4.78 is 0. The molecule has 1 amide bonds. The van der Waals surface area contributed by atoms with E-state index in [1.165, 1.54) is 0 Å². The lowest BCUT2D eigenvalue weighted by Gasteiger charge is -2.41. The number of aliphatic hydroxyl groups excluding tert-OH is 2. The Hall–Kier alpha value is -3.19. The molecule has 4 N–H and O–H groups in total. The molecule has 0 radical (unpaired) electrons. The zero-order valence-electron chi connectivity index (χ0n) is 19.3. The molecule has 1 aromatic carbocycles. The molecule has 4 aliphatic rings. The molecule has 3 unspecified atom stereocenters. The Morgan fingerprint density at radius 2 is 1.97 bits per heavy atom. The van der Waals surface area contributed by atoms with Crippen molar-refractivity contribution in [2.75, 3.05) is 13.1 Å². The van der Waals surface area contributed by atoms with Crippen LogP contribution < -0.4 is 5.73 Å². The SMILES string of the molecule is CCc1c(CN2CC=CCC2)ccc2c1C(O)=C1C(=O)C3C(O)=C(C(N)=O)C(=O)CC3CC1C2. The highest BCUT2D eigenvalue weighted by Crippen LogP contribution is 2.49. The van der Waals surface area contributed by atoms with E-state index >= 15 is 0 Å². The number of nitrogens with two attached hydrogens (primary N) is 1. The van der Waals surface area contributed by atoms with Crippen LogP contribution in [0.4, 0.5) is 0 Å². The molecule has 7 heteroatoms. The second-order valence-electron chi connectivity index (χ2n) is 9.84. The lowest BCUT2D eigenvalue weighted by atomic mass is 9.61. The lowest BCUT2D eigenvalue weighted by Crippen LogP contribution is -2.44. The third-order valence-corrected chi connectivity index (χ3v) is 7.88. The van der Waals surface area contributed by atoms with Crippen molar-refractivity contribution in [2.45, 2.75) is 45.6 Å². The van der Waals surface area contributed by atoms with Crippen molar-refractivity contribution in [3.63, 3.8) is 0 Å². The van der Waals surface area contributed by atoms with Crippen molar-refractivity contribution in [3.8, 4) is 0 Å². The van der Waals surface area contributed by atoms with E-state index in [9.17, 15) is 24.6 Å². The summed E-state index contributed by atoms with van der Waals surface area (Å²) in [6.45, 7) is 4.71. The number of carbonyl (C=O) groups excluding carboxylic acids is 3. The van der Waals surface area contributed by atoms with E-state index in [2.05, 4.69) is 36.1 Å². The number of Topliss-reactive ketones (excluding diaryl/α,β-unsaturated/α-hetero) is 2. The van der Waals surface area contributed by atoms with Gasteiger partial charge in [-0.25, -0.2) is 0 Å². The number of amides is 1. The van der Waals surface area contributed by atoms with Crippen LogP contribution in [0.5, 0.6) is 0 Å². The number of rotatable bonds is 4. The van der Waals surface area contributed by atoms with Gasteiger partial charge >= 0.3 is 0 Å². The van der Waals surface area contributed by atoms with Gasteiger partial charge < -0.3 is 15.9 Å². The van der Waals surface area contributed by atoms with Gasteiger partial charge in [0.2, 0.25) is 0 Å². The van der Waals surface area contributed by atoms with Gasteiger partial charge in [0.1, 0.15) is 17.1 Å². The first-order valence-corrected chi connectivity index (χ1v) is 12.1. The van der Waals surface area contributed by atoms with Crippen LogP contribution in [-0.2, 0) is 33.8 Å². The Morgan fingerprint density at radius 1 is 1.18 bits per heavy atom. The van der Waals surface area contributed by atoms with Crippen LogP contribution in [0.3, 0.4) is 0 Å². The van der Waals surface area contributed by atoms with Crippen LogP contribution in [-0.4, -0.2) is 45.7 Å². The number of hydrogen-bond acceptors (Lipinski definition) is 6. The topological polar surface area (TPSA) is 121 Å². The first-order chi connectivity index (χ1) is 16.3. The quantitative estimate of drug-likeness (QED) is 0.467. The smallest absolute Gasteiger partial charge is 0.255 e. The Labute approximate surface area is 198 Å². The van der Waals surface area contributed by atoms with Gasteiger partial charge in [-0.2, -0.15) is 0 Å². The maximum Gasteiger partial charge on any atom is 0.255 e. The van der Waals surface area contributed by atoms with Gasteiger partial charge in [-0.3, -0.25) is 19.3 Å². The molecule has 178 valence electrons. The Balaban J connectivity index is 1.57. The number of carbonyl (C=O) groups is 3. The summed E-state index contributed by atoms with van der Waals surface area (Å²) in [7, 11) is 0. The van der Waals surface area contributed by atoms with Crippen LogP contribution >= 0.6 is 0 Å². The zero-order valence-corrected chi connectivity index (χ0v) is 19.3. The molecule has 1 aliphatic heterocycles. The minimum Gasteiger partial charge on any atom is -0.511 e. The molecular formula is C27H30N2O5. The first kappa shape index (κ1) is 22.6. The molecule has 0 spiro atoms. The number of allylic oxidation sites excluding steroid dienone is 2. The molecule has 1 fully saturated rings. The van der Waals surface area contributed by atoms with E-state index in [1.54, 1.807) is 0 Å². The summed E-state index contributed by atoms with van der Waals surface area (Å²) in [5, 5.41) is 22.1. The maximum atomic E-state index is 13.6. The fourth-order valence-corrected chi connectivity index (χ4v) is 6.38. The van der Waals surface area contributed by atoms with Crippen LogP contribution in [0.2, 0.25) is 0 Å². The average Bonchev–Trinajstić information content (AvgIpc) is 2.79. The van der Waals surface area contributed by atoms with E-state index in [1.807, 2.05) is 0 Å². The highest BCUT2D eigenvalue weighted by Gasteiger charge is 2.50. The number of nitrogens with zero attached hydrogens (tertiary/aromatic N) is 1. The minimum absolute atomic E-state index is 0.000429. The summed E-state index contributed by atoms with van der Waals surface area (Å²) in [6.07, 6.45) is 7.19. The number of aliphatic hydroxyl groups is 2. The highest BCUT2D eigenvalue weighted by atomic mass is 16.3.